The van der Waals surface area contributed by atoms with E-state index < -0.39 is 0 Å². The van der Waals surface area contributed by atoms with Crippen LogP contribution < -0.4 is 16.0 Å². The highest BCUT2D eigenvalue weighted by Gasteiger charge is 2.33. The van der Waals surface area contributed by atoms with Crippen molar-refractivity contribution in [3.63, 3.8) is 0 Å². The van der Waals surface area contributed by atoms with E-state index in [1.54, 1.807) is 14.0 Å². The Balaban J connectivity index is 1.75. The second-order valence-electron chi connectivity index (χ2n) is 6.52. The highest BCUT2D eigenvalue weighted by molar-refractivity contribution is 5.79. The summed E-state index contributed by atoms with van der Waals surface area (Å²) >= 11 is 0. The lowest BCUT2D eigenvalue weighted by molar-refractivity contribution is 0.0243. The van der Waals surface area contributed by atoms with Crippen LogP contribution in [-0.2, 0) is 9.47 Å². The van der Waals surface area contributed by atoms with Crippen molar-refractivity contribution in [2.45, 2.75) is 51.2 Å². The summed E-state index contributed by atoms with van der Waals surface area (Å²) in [5.41, 5.74) is -0.114. The third kappa shape index (κ3) is 5.89. The zero-order chi connectivity index (χ0) is 16.7. The maximum absolute atomic E-state index is 11.6. The number of aliphatic imine (C=N–C) groups is 1. The van der Waals surface area contributed by atoms with E-state index in [-0.39, 0.29) is 17.7 Å². The van der Waals surface area contributed by atoms with Gasteiger partial charge >= 0.3 is 6.09 Å². The molecule has 3 N–H and O–H groups in total. The van der Waals surface area contributed by atoms with Crippen molar-refractivity contribution in [1.29, 1.82) is 0 Å². The van der Waals surface area contributed by atoms with Crippen LogP contribution in [0.15, 0.2) is 4.99 Å². The second-order valence-corrected chi connectivity index (χ2v) is 6.52. The van der Waals surface area contributed by atoms with Crippen LogP contribution >= 0.6 is 0 Å². The monoisotopic (exact) mass is 326 g/mol. The molecule has 2 fully saturated rings. The fraction of sp³-hybridized carbons (Fsp3) is 0.875. The van der Waals surface area contributed by atoms with Crippen LogP contribution in [0, 0.1) is 5.92 Å². The van der Waals surface area contributed by atoms with Gasteiger partial charge in [-0.1, -0.05) is 0 Å². The van der Waals surface area contributed by atoms with E-state index in [1.165, 1.54) is 0 Å². The molecule has 7 nitrogen and oxygen atoms in total. The zero-order valence-corrected chi connectivity index (χ0v) is 14.5. The van der Waals surface area contributed by atoms with Crippen molar-refractivity contribution in [3.8, 4) is 0 Å². The summed E-state index contributed by atoms with van der Waals surface area (Å²) < 4.78 is 10.7. The van der Waals surface area contributed by atoms with Crippen LogP contribution in [0.4, 0.5) is 4.79 Å². The largest absolute Gasteiger partial charge is 0.450 e. The number of alkyl carbamates (subject to hydrolysis) is 1. The first-order valence-corrected chi connectivity index (χ1v) is 8.58. The molecule has 132 valence electrons. The van der Waals surface area contributed by atoms with Gasteiger partial charge in [0.2, 0.25) is 0 Å². The molecule has 0 radical (unpaired) electrons. The molecule has 0 bridgehead atoms. The highest BCUT2D eigenvalue weighted by atomic mass is 16.5. The Kier molecular flexibility index (Phi) is 6.50. The average Bonchev–Trinajstić information content (AvgIpc) is 3.28. The maximum atomic E-state index is 11.6. The second kappa shape index (κ2) is 8.38. The molecule has 1 heterocycles. The van der Waals surface area contributed by atoms with E-state index in [2.05, 4.69) is 27.9 Å². The number of nitrogens with one attached hydrogen (secondary N) is 3. The number of ether oxygens (including phenoxy) is 2. The molecule has 1 amide bonds. The molecule has 2 unspecified atom stereocenters. The summed E-state index contributed by atoms with van der Waals surface area (Å²) in [4.78, 5) is 15.9. The Morgan fingerprint density at radius 2 is 2.22 bits per heavy atom. The zero-order valence-electron chi connectivity index (χ0n) is 14.5. The van der Waals surface area contributed by atoms with Crippen LogP contribution in [0.3, 0.4) is 0 Å². The molecule has 1 aliphatic heterocycles. The van der Waals surface area contributed by atoms with Gasteiger partial charge in [-0.15, -0.1) is 0 Å². The Morgan fingerprint density at radius 3 is 2.78 bits per heavy atom. The lowest BCUT2D eigenvalue weighted by Crippen LogP contribution is -2.50. The smallest absolute Gasteiger partial charge is 0.407 e. The fourth-order valence-corrected chi connectivity index (χ4v) is 2.83. The molecule has 2 atom stereocenters. The molecule has 1 saturated heterocycles. The Morgan fingerprint density at radius 1 is 1.43 bits per heavy atom. The number of guanidine groups is 1. The molecule has 1 saturated carbocycles. The molecule has 23 heavy (non-hydrogen) atoms. The van der Waals surface area contributed by atoms with Crippen LogP contribution in [0.1, 0.15) is 39.5 Å². The molecule has 2 rings (SSSR count). The molecule has 0 aromatic carbocycles. The van der Waals surface area contributed by atoms with Gasteiger partial charge in [-0.05, 0) is 45.4 Å². The number of carbonyl (C=O) groups excluding carboxylic acids is 1. The van der Waals surface area contributed by atoms with Crippen LogP contribution in [0.25, 0.3) is 0 Å². The van der Waals surface area contributed by atoms with Gasteiger partial charge in [0, 0.05) is 26.7 Å². The van der Waals surface area contributed by atoms with Gasteiger partial charge in [0.15, 0.2) is 5.96 Å². The average molecular weight is 326 g/mol. The number of nitrogens with zero attached hydrogens (tertiary/aromatic N) is 1. The topological polar surface area (TPSA) is 84.0 Å². The summed E-state index contributed by atoms with van der Waals surface area (Å²) in [6.07, 6.45) is 4.12. The predicted octanol–water partition coefficient (Wildman–Crippen LogP) is 1.25. The third-order valence-corrected chi connectivity index (χ3v) is 4.41. The first kappa shape index (κ1) is 17.8. The van der Waals surface area contributed by atoms with E-state index in [0.717, 1.165) is 44.8 Å². The van der Waals surface area contributed by atoms with E-state index in [4.69, 9.17) is 9.47 Å². The minimum Gasteiger partial charge on any atom is -0.450 e. The number of hydrogen-bond donors (Lipinski definition) is 3. The minimum absolute atomic E-state index is 0.0749. The number of amides is 1. The molecule has 0 spiro atoms. The van der Waals surface area contributed by atoms with Crippen molar-refractivity contribution in [2.24, 2.45) is 10.9 Å². The standard InChI is InChI=1S/C16H30N4O3/c1-4-22-15(21)20-13(12-6-7-12)10-18-14(17-3)19-11-16(2)8-5-9-23-16/h12-13H,4-11H2,1-3H3,(H,20,21)(H2,17,18,19). The number of hydrogen-bond acceptors (Lipinski definition) is 4. The van der Waals surface area contributed by atoms with E-state index >= 15 is 0 Å². The molecular weight excluding hydrogens is 296 g/mol. The highest BCUT2D eigenvalue weighted by Crippen LogP contribution is 2.32. The van der Waals surface area contributed by atoms with Crippen molar-refractivity contribution in [2.75, 3.05) is 33.4 Å². The summed E-state index contributed by atoms with van der Waals surface area (Å²) in [7, 11) is 1.75. The first-order valence-electron chi connectivity index (χ1n) is 8.58. The Hall–Kier alpha value is -1.50. The molecule has 0 aromatic rings. The van der Waals surface area contributed by atoms with Gasteiger partial charge in [0.1, 0.15) is 0 Å². The van der Waals surface area contributed by atoms with Gasteiger partial charge < -0.3 is 25.4 Å². The lowest BCUT2D eigenvalue weighted by atomic mass is 10.0. The van der Waals surface area contributed by atoms with Gasteiger partial charge in [0.05, 0.1) is 18.2 Å². The van der Waals surface area contributed by atoms with Crippen LogP contribution in [-0.4, -0.2) is 57.0 Å². The van der Waals surface area contributed by atoms with Gasteiger partial charge in [0.25, 0.3) is 0 Å². The fourth-order valence-electron chi connectivity index (χ4n) is 2.83. The lowest BCUT2D eigenvalue weighted by Gasteiger charge is -2.25. The SMILES string of the molecule is CCOC(=O)NC(CNC(=NC)NCC1(C)CCCO1)C1CC1. The van der Waals surface area contributed by atoms with Gasteiger partial charge in [-0.25, -0.2) is 4.79 Å². The predicted molar refractivity (Wildman–Crippen MR) is 89.6 cm³/mol. The van der Waals surface area contributed by atoms with E-state index in [9.17, 15) is 4.79 Å². The quantitative estimate of drug-likeness (QED) is 0.484. The van der Waals surface area contributed by atoms with Crippen LogP contribution in [0.5, 0.6) is 0 Å². The molecule has 1 aliphatic carbocycles. The molecular formula is C16H30N4O3. The first-order chi connectivity index (χ1) is 11.1. The normalized spacial score (nSPS) is 25.8. The van der Waals surface area contributed by atoms with Crippen molar-refractivity contribution >= 4 is 12.1 Å². The van der Waals surface area contributed by atoms with E-state index in [0.29, 0.717) is 19.1 Å². The van der Waals surface area contributed by atoms with Crippen molar-refractivity contribution < 1.29 is 14.3 Å². The van der Waals surface area contributed by atoms with Gasteiger partial charge in [-0.3, -0.25) is 4.99 Å². The Labute approximate surface area is 138 Å². The van der Waals surface area contributed by atoms with Crippen molar-refractivity contribution in [1.82, 2.24) is 16.0 Å². The summed E-state index contributed by atoms with van der Waals surface area (Å²) in [6, 6.07) is 0.0749. The number of rotatable bonds is 7. The van der Waals surface area contributed by atoms with Crippen LogP contribution in [0.2, 0.25) is 0 Å². The maximum Gasteiger partial charge on any atom is 0.407 e. The van der Waals surface area contributed by atoms with Gasteiger partial charge in [-0.2, -0.15) is 0 Å². The molecule has 0 aromatic heterocycles. The Bertz CT molecular complexity index is 418. The molecule has 2 aliphatic rings. The summed E-state index contributed by atoms with van der Waals surface area (Å²) in [5, 5.41) is 9.54. The number of carbonyl (C=O) groups is 1. The minimum atomic E-state index is -0.346. The molecule has 7 heteroatoms. The van der Waals surface area contributed by atoms with Crippen molar-refractivity contribution in [3.05, 3.63) is 0 Å². The summed E-state index contributed by atoms with van der Waals surface area (Å²) in [6.45, 7) is 6.51. The third-order valence-electron chi connectivity index (χ3n) is 4.41. The van der Waals surface area contributed by atoms with E-state index in [1.807, 2.05) is 0 Å². The summed E-state index contributed by atoms with van der Waals surface area (Å²) in [5.74, 6) is 1.26.